The third-order valence-corrected chi connectivity index (χ3v) is 4.54. The summed E-state index contributed by atoms with van der Waals surface area (Å²) in [4.78, 5) is 22.9. The van der Waals surface area contributed by atoms with Gasteiger partial charge in [0.25, 0.3) is 0 Å². The molecule has 0 atom stereocenters. The molecule has 0 radical (unpaired) electrons. The smallest absolute Gasteiger partial charge is 0.335 e. The fourth-order valence-electron chi connectivity index (χ4n) is 3.10. The molecule has 0 aromatic heterocycles. The van der Waals surface area contributed by atoms with Crippen molar-refractivity contribution >= 4 is 17.7 Å². The van der Waals surface area contributed by atoms with E-state index in [0.29, 0.717) is 5.75 Å². The molecule has 3 N–H and O–H groups in total. The molecule has 1 saturated carbocycles. The Kier molecular flexibility index (Phi) is 5.90. The van der Waals surface area contributed by atoms with E-state index in [9.17, 15) is 14.0 Å². The first-order chi connectivity index (χ1) is 13.0. The van der Waals surface area contributed by atoms with Gasteiger partial charge >= 0.3 is 12.0 Å². The summed E-state index contributed by atoms with van der Waals surface area (Å²) >= 11 is 0. The zero-order valence-corrected chi connectivity index (χ0v) is 14.7. The van der Waals surface area contributed by atoms with Crippen LogP contribution in [0.5, 0.6) is 5.75 Å². The van der Waals surface area contributed by atoms with E-state index in [1.165, 1.54) is 24.3 Å². The van der Waals surface area contributed by atoms with Gasteiger partial charge in [-0.1, -0.05) is 12.1 Å². The summed E-state index contributed by atoms with van der Waals surface area (Å²) in [5, 5.41) is 14.3. The van der Waals surface area contributed by atoms with E-state index in [0.717, 1.165) is 25.7 Å². The molecule has 27 heavy (non-hydrogen) atoms. The van der Waals surface area contributed by atoms with E-state index in [1.54, 1.807) is 24.3 Å². The van der Waals surface area contributed by atoms with Crippen LogP contribution in [-0.2, 0) is 0 Å². The van der Waals surface area contributed by atoms with E-state index in [4.69, 9.17) is 9.84 Å². The van der Waals surface area contributed by atoms with Gasteiger partial charge in [0, 0.05) is 6.04 Å². The summed E-state index contributed by atoms with van der Waals surface area (Å²) in [5.74, 6) is -0.811. The molecule has 0 aliphatic heterocycles. The molecule has 2 aromatic carbocycles. The van der Waals surface area contributed by atoms with Gasteiger partial charge in [0.1, 0.15) is 11.6 Å². The monoisotopic (exact) mass is 372 g/mol. The van der Waals surface area contributed by atoms with Crippen LogP contribution in [0, 0.1) is 5.82 Å². The fraction of sp³-hybridized carbons (Fsp3) is 0.300. The SMILES string of the molecule is O=C(Nc1ccccc1F)N[C@H]1CC[C@H](Oc2ccc(C(=O)O)cc2)CC1. The summed E-state index contributed by atoms with van der Waals surface area (Å²) in [5.41, 5.74) is 0.368. The average Bonchev–Trinajstić information content (AvgIpc) is 2.66. The third-order valence-electron chi connectivity index (χ3n) is 4.54. The van der Waals surface area contributed by atoms with Crippen LogP contribution in [0.3, 0.4) is 0 Å². The third kappa shape index (κ3) is 5.20. The second-order valence-electron chi connectivity index (χ2n) is 6.50. The topological polar surface area (TPSA) is 87.7 Å². The van der Waals surface area contributed by atoms with Crippen molar-refractivity contribution in [1.82, 2.24) is 5.32 Å². The lowest BCUT2D eigenvalue weighted by atomic mass is 9.93. The second kappa shape index (κ2) is 8.53. The normalized spacial score (nSPS) is 19.1. The first kappa shape index (κ1) is 18.7. The number of amides is 2. The van der Waals surface area contributed by atoms with Gasteiger partial charge in [0.05, 0.1) is 17.4 Å². The molecule has 1 aliphatic carbocycles. The Morgan fingerprint density at radius 2 is 1.67 bits per heavy atom. The molecule has 2 amide bonds. The number of ether oxygens (including phenoxy) is 1. The molecule has 0 unspecified atom stereocenters. The number of carbonyl (C=O) groups excluding carboxylic acids is 1. The maximum atomic E-state index is 13.6. The molecule has 1 fully saturated rings. The molecular weight excluding hydrogens is 351 g/mol. The van der Waals surface area contributed by atoms with Crippen LogP contribution in [0.15, 0.2) is 48.5 Å². The van der Waals surface area contributed by atoms with Gasteiger partial charge < -0.3 is 20.5 Å². The van der Waals surface area contributed by atoms with Gasteiger partial charge in [-0.15, -0.1) is 0 Å². The minimum absolute atomic E-state index is 0.00556. The van der Waals surface area contributed by atoms with Crippen molar-refractivity contribution in [3.63, 3.8) is 0 Å². The van der Waals surface area contributed by atoms with Gasteiger partial charge in [-0.25, -0.2) is 14.0 Å². The summed E-state index contributed by atoms with van der Waals surface area (Å²) in [6.45, 7) is 0. The summed E-state index contributed by atoms with van der Waals surface area (Å²) in [6, 6.07) is 11.9. The standard InChI is InChI=1S/C20H21FN2O4/c21-17-3-1-2-4-18(17)23-20(26)22-14-7-11-16(12-8-14)27-15-9-5-13(6-10-15)19(24)25/h1-6,9-10,14,16H,7-8,11-12H2,(H,24,25)(H2,22,23,26)/t14-,16-. The largest absolute Gasteiger partial charge is 0.490 e. The Morgan fingerprint density at radius 3 is 2.30 bits per heavy atom. The van der Waals surface area contributed by atoms with Crippen molar-refractivity contribution in [2.45, 2.75) is 37.8 Å². The lowest BCUT2D eigenvalue weighted by Gasteiger charge is -2.29. The zero-order valence-electron chi connectivity index (χ0n) is 14.7. The number of halogens is 1. The fourth-order valence-corrected chi connectivity index (χ4v) is 3.10. The maximum absolute atomic E-state index is 13.6. The van der Waals surface area contributed by atoms with Crippen molar-refractivity contribution in [2.24, 2.45) is 0 Å². The first-order valence-electron chi connectivity index (χ1n) is 8.83. The molecule has 0 saturated heterocycles. The highest BCUT2D eigenvalue weighted by Crippen LogP contribution is 2.24. The summed E-state index contributed by atoms with van der Waals surface area (Å²) < 4.78 is 19.4. The Labute approximate surface area is 156 Å². The molecule has 3 rings (SSSR count). The predicted octanol–water partition coefficient (Wildman–Crippen LogP) is 4.04. The predicted molar refractivity (Wildman–Crippen MR) is 98.6 cm³/mol. The van der Waals surface area contributed by atoms with E-state index in [2.05, 4.69) is 10.6 Å². The second-order valence-corrected chi connectivity index (χ2v) is 6.50. The van der Waals surface area contributed by atoms with Crippen LogP contribution in [0.25, 0.3) is 0 Å². The highest BCUT2D eigenvalue weighted by atomic mass is 19.1. The zero-order chi connectivity index (χ0) is 19.2. The number of carbonyl (C=O) groups is 2. The van der Waals surface area contributed by atoms with Gasteiger partial charge in [-0.2, -0.15) is 0 Å². The van der Waals surface area contributed by atoms with Crippen LogP contribution in [0.4, 0.5) is 14.9 Å². The molecule has 142 valence electrons. The average molecular weight is 372 g/mol. The van der Waals surface area contributed by atoms with Crippen LogP contribution in [0.1, 0.15) is 36.0 Å². The molecule has 0 bridgehead atoms. The van der Waals surface area contributed by atoms with Crippen molar-refractivity contribution < 1.29 is 23.8 Å². The number of rotatable bonds is 5. The highest BCUT2D eigenvalue weighted by molar-refractivity contribution is 5.89. The van der Waals surface area contributed by atoms with Crippen LogP contribution in [-0.4, -0.2) is 29.3 Å². The number of benzene rings is 2. The minimum Gasteiger partial charge on any atom is -0.490 e. The van der Waals surface area contributed by atoms with Gasteiger partial charge in [0.15, 0.2) is 0 Å². The number of para-hydroxylation sites is 1. The number of carboxylic acid groups (broad SMARTS) is 1. The number of nitrogens with one attached hydrogen (secondary N) is 2. The lowest BCUT2D eigenvalue weighted by molar-refractivity contribution is 0.0696. The number of hydrogen-bond acceptors (Lipinski definition) is 3. The molecule has 1 aliphatic rings. The van der Waals surface area contributed by atoms with Crippen molar-refractivity contribution in [3.05, 3.63) is 59.9 Å². The van der Waals surface area contributed by atoms with E-state index in [1.807, 2.05) is 0 Å². The van der Waals surface area contributed by atoms with Crippen molar-refractivity contribution in [1.29, 1.82) is 0 Å². The Hall–Kier alpha value is -3.09. The number of aromatic carboxylic acids is 1. The van der Waals surface area contributed by atoms with Gasteiger partial charge in [-0.05, 0) is 62.1 Å². The number of carboxylic acids is 1. The van der Waals surface area contributed by atoms with E-state index in [-0.39, 0.29) is 23.4 Å². The number of urea groups is 1. The van der Waals surface area contributed by atoms with Crippen LogP contribution >= 0.6 is 0 Å². The van der Waals surface area contributed by atoms with Crippen molar-refractivity contribution in [3.8, 4) is 5.75 Å². The lowest BCUT2D eigenvalue weighted by Crippen LogP contribution is -2.41. The summed E-state index contributed by atoms with van der Waals surface area (Å²) in [6.07, 6.45) is 3.07. The number of anilines is 1. The summed E-state index contributed by atoms with van der Waals surface area (Å²) in [7, 11) is 0. The molecule has 7 heteroatoms. The molecular formula is C20H21FN2O4. The van der Waals surface area contributed by atoms with E-state index < -0.39 is 17.8 Å². The van der Waals surface area contributed by atoms with Gasteiger partial charge in [0.2, 0.25) is 0 Å². The van der Waals surface area contributed by atoms with Crippen LogP contribution in [0.2, 0.25) is 0 Å². The Balaban J connectivity index is 1.44. The van der Waals surface area contributed by atoms with Crippen molar-refractivity contribution in [2.75, 3.05) is 5.32 Å². The Bertz CT molecular complexity index is 802. The molecule has 6 nitrogen and oxygen atoms in total. The first-order valence-corrected chi connectivity index (χ1v) is 8.83. The highest BCUT2D eigenvalue weighted by Gasteiger charge is 2.24. The Morgan fingerprint density at radius 1 is 1.00 bits per heavy atom. The molecule has 2 aromatic rings. The van der Waals surface area contributed by atoms with E-state index >= 15 is 0 Å². The van der Waals surface area contributed by atoms with Gasteiger partial charge in [-0.3, -0.25) is 0 Å². The minimum atomic E-state index is -0.971. The number of hydrogen-bond donors (Lipinski definition) is 3. The van der Waals surface area contributed by atoms with Crippen LogP contribution < -0.4 is 15.4 Å². The molecule has 0 spiro atoms. The quantitative estimate of drug-likeness (QED) is 0.739. The molecule has 0 heterocycles. The maximum Gasteiger partial charge on any atom is 0.335 e.